The minimum absolute atomic E-state index is 0.133. The average molecular weight is 343 g/mol. The van der Waals surface area contributed by atoms with Crippen molar-refractivity contribution in [2.45, 2.75) is 57.9 Å². The van der Waals surface area contributed by atoms with Gasteiger partial charge in [-0.05, 0) is 49.9 Å². The molecule has 3 rings (SSSR count). The lowest BCUT2D eigenvalue weighted by atomic mass is 9.94. The predicted octanol–water partition coefficient (Wildman–Crippen LogP) is 2.81. The third-order valence-corrected chi connectivity index (χ3v) is 5.02. The molecular formula is C19H25N3O3. The lowest BCUT2D eigenvalue weighted by molar-refractivity contribution is -0.135. The number of benzene rings is 1. The molecule has 2 saturated carbocycles. The van der Waals surface area contributed by atoms with Crippen LogP contribution in [0.1, 0.15) is 51.9 Å². The number of carbonyl (C=O) groups excluding carboxylic acids is 3. The highest BCUT2D eigenvalue weighted by Crippen LogP contribution is 2.47. The molecule has 0 atom stereocenters. The molecule has 2 aliphatic carbocycles. The molecule has 3 N–H and O–H groups in total. The highest BCUT2D eigenvalue weighted by molar-refractivity contribution is 6.13. The van der Waals surface area contributed by atoms with Crippen LogP contribution in [0.3, 0.4) is 0 Å². The van der Waals surface area contributed by atoms with Gasteiger partial charge in [-0.3, -0.25) is 14.4 Å². The van der Waals surface area contributed by atoms with E-state index in [1.807, 2.05) is 0 Å². The Balaban J connectivity index is 1.58. The van der Waals surface area contributed by atoms with E-state index in [-0.39, 0.29) is 23.8 Å². The molecule has 0 bridgehead atoms. The summed E-state index contributed by atoms with van der Waals surface area (Å²) in [5, 5.41) is 8.58. The first-order valence-corrected chi connectivity index (χ1v) is 9.00. The molecule has 2 fully saturated rings. The average Bonchev–Trinajstić information content (AvgIpc) is 3.39. The SMILES string of the molecule is CC(=O)Nc1ccc(NC(=O)C2(C(=O)NC3CCCCC3)CC2)cc1. The van der Waals surface area contributed by atoms with Crippen molar-refractivity contribution in [3.8, 4) is 0 Å². The Morgan fingerprint density at radius 3 is 1.96 bits per heavy atom. The summed E-state index contributed by atoms with van der Waals surface area (Å²) in [5.41, 5.74) is 0.380. The maximum atomic E-state index is 12.6. The standard InChI is InChI=1S/C19H25N3O3/c1-13(23)20-15-7-9-16(10-8-15)22-18(25)19(11-12-19)17(24)21-14-5-3-2-4-6-14/h7-10,14H,2-6,11-12H2,1H3,(H,20,23)(H,21,24)(H,22,25). The smallest absolute Gasteiger partial charge is 0.240 e. The molecule has 0 spiro atoms. The molecule has 0 heterocycles. The first-order valence-electron chi connectivity index (χ1n) is 9.00. The van der Waals surface area contributed by atoms with Crippen molar-refractivity contribution >= 4 is 29.1 Å². The Bertz CT molecular complexity index is 659. The third kappa shape index (κ3) is 4.18. The van der Waals surface area contributed by atoms with Crippen LogP contribution in [0.5, 0.6) is 0 Å². The molecule has 1 aromatic carbocycles. The Labute approximate surface area is 147 Å². The Morgan fingerprint density at radius 1 is 0.880 bits per heavy atom. The van der Waals surface area contributed by atoms with E-state index >= 15 is 0 Å². The second-order valence-corrected chi connectivity index (χ2v) is 7.10. The first kappa shape index (κ1) is 17.5. The minimum atomic E-state index is -0.909. The fourth-order valence-corrected chi connectivity index (χ4v) is 3.34. The number of anilines is 2. The maximum absolute atomic E-state index is 12.6. The summed E-state index contributed by atoms with van der Waals surface area (Å²) in [6.07, 6.45) is 6.73. The Hall–Kier alpha value is -2.37. The zero-order valence-corrected chi connectivity index (χ0v) is 14.6. The van der Waals surface area contributed by atoms with E-state index in [1.165, 1.54) is 13.3 Å². The van der Waals surface area contributed by atoms with Crippen molar-refractivity contribution in [1.29, 1.82) is 0 Å². The van der Waals surface area contributed by atoms with Crippen molar-refractivity contribution < 1.29 is 14.4 Å². The zero-order valence-electron chi connectivity index (χ0n) is 14.6. The number of hydrogen-bond acceptors (Lipinski definition) is 3. The predicted molar refractivity (Wildman–Crippen MR) is 96.1 cm³/mol. The summed E-state index contributed by atoms with van der Waals surface area (Å²) in [5.74, 6) is -0.520. The summed E-state index contributed by atoms with van der Waals surface area (Å²) >= 11 is 0. The molecule has 25 heavy (non-hydrogen) atoms. The molecule has 1 aromatic rings. The number of rotatable bonds is 5. The molecule has 134 valence electrons. The molecule has 3 amide bonds. The van der Waals surface area contributed by atoms with Crippen molar-refractivity contribution in [2.24, 2.45) is 5.41 Å². The number of nitrogens with one attached hydrogen (secondary N) is 3. The maximum Gasteiger partial charge on any atom is 0.240 e. The van der Waals surface area contributed by atoms with Crippen molar-refractivity contribution in [2.75, 3.05) is 10.6 Å². The van der Waals surface area contributed by atoms with Gasteiger partial charge in [-0.1, -0.05) is 19.3 Å². The van der Waals surface area contributed by atoms with Gasteiger partial charge in [0.2, 0.25) is 17.7 Å². The van der Waals surface area contributed by atoms with Crippen LogP contribution >= 0.6 is 0 Å². The second kappa shape index (κ2) is 7.25. The number of amides is 3. The van der Waals surface area contributed by atoms with E-state index in [1.54, 1.807) is 24.3 Å². The van der Waals surface area contributed by atoms with Crippen LogP contribution < -0.4 is 16.0 Å². The minimum Gasteiger partial charge on any atom is -0.352 e. The highest BCUT2D eigenvalue weighted by Gasteiger charge is 2.56. The lowest BCUT2D eigenvalue weighted by Crippen LogP contribution is -2.45. The largest absolute Gasteiger partial charge is 0.352 e. The Morgan fingerprint density at radius 2 is 1.44 bits per heavy atom. The third-order valence-electron chi connectivity index (χ3n) is 5.02. The quantitative estimate of drug-likeness (QED) is 0.719. The van der Waals surface area contributed by atoms with Gasteiger partial charge in [0.05, 0.1) is 0 Å². The van der Waals surface area contributed by atoms with Crippen molar-refractivity contribution in [3.05, 3.63) is 24.3 Å². The molecule has 0 aromatic heterocycles. The molecular weight excluding hydrogens is 318 g/mol. The summed E-state index contributed by atoms with van der Waals surface area (Å²) in [6.45, 7) is 1.44. The van der Waals surface area contributed by atoms with Crippen LogP contribution in [0.2, 0.25) is 0 Å². The van der Waals surface area contributed by atoms with Crippen LogP contribution in [0, 0.1) is 5.41 Å². The van der Waals surface area contributed by atoms with Crippen molar-refractivity contribution in [3.63, 3.8) is 0 Å². The van der Waals surface area contributed by atoms with Crippen LogP contribution in [0.4, 0.5) is 11.4 Å². The molecule has 0 radical (unpaired) electrons. The Kier molecular flexibility index (Phi) is 5.06. The van der Waals surface area contributed by atoms with E-state index in [2.05, 4.69) is 16.0 Å². The molecule has 0 aliphatic heterocycles. The summed E-state index contributed by atoms with van der Waals surface area (Å²) < 4.78 is 0. The summed E-state index contributed by atoms with van der Waals surface area (Å²) in [7, 11) is 0. The summed E-state index contributed by atoms with van der Waals surface area (Å²) in [4.78, 5) is 36.2. The van der Waals surface area contributed by atoms with Crippen LogP contribution in [-0.4, -0.2) is 23.8 Å². The lowest BCUT2D eigenvalue weighted by Gasteiger charge is -2.25. The van der Waals surface area contributed by atoms with E-state index in [0.29, 0.717) is 24.2 Å². The molecule has 0 unspecified atom stereocenters. The number of hydrogen-bond donors (Lipinski definition) is 3. The first-order chi connectivity index (χ1) is 12.0. The monoisotopic (exact) mass is 343 g/mol. The van der Waals surface area contributed by atoms with Crippen LogP contribution in [0.25, 0.3) is 0 Å². The van der Waals surface area contributed by atoms with Gasteiger partial charge in [-0.2, -0.15) is 0 Å². The van der Waals surface area contributed by atoms with E-state index < -0.39 is 5.41 Å². The molecule has 0 saturated heterocycles. The molecule has 6 nitrogen and oxygen atoms in total. The normalized spacial score (nSPS) is 18.9. The second-order valence-electron chi connectivity index (χ2n) is 7.10. The highest BCUT2D eigenvalue weighted by atomic mass is 16.2. The molecule has 2 aliphatic rings. The van der Waals surface area contributed by atoms with Gasteiger partial charge in [0.15, 0.2) is 0 Å². The van der Waals surface area contributed by atoms with Gasteiger partial charge in [-0.25, -0.2) is 0 Å². The molecule has 6 heteroatoms. The fraction of sp³-hybridized carbons (Fsp3) is 0.526. The van der Waals surface area contributed by atoms with E-state index in [0.717, 1.165) is 25.7 Å². The van der Waals surface area contributed by atoms with Gasteiger partial charge < -0.3 is 16.0 Å². The van der Waals surface area contributed by atoms with Gasteiger partial charge >= 0.3 is 0 Å². The topological polar surface area (TPSA) is 87.3 Å². The zero-order chi connectivity index (χ0) is 17.9. The van der Waals surface area contributed by atoms with Crippen LogP contribution in [-0.2, 0) is 14.4 Å². The van der Waals surface area contributed by atoms with Crippen molar-refractivity contribution in [1.82, 2.24) is 5.32 Å². The van der Waals surface area contributed by atoms with Gasteiger partial charge in [0.1, 0.15) is 5.41 Å². The van der Waals surface area contributed by atoms with E-state index in [4.69, 9.17) is 0 Å². The van der Waals surface area contributed by atoms with Gasteiger partial charge in [-0.15, -0.1) is 0 Å². The fourth-order valence-electron chi connectivity index (χ4n) is 3.34. The summed E-state index contributed by atoms with van der Waals surface area (Å²) in [6, 6.07) is 7.09. The van der Waals surface area contributed by atoms with Crippen LogP contribution in [0.15, 0.2) is 24.3 Å². The van der Waals surface area contributed by atoms with E-state index in [9.17, 15) is 14.4 Å². The van der Waals surface area contributed by atoms with Gasteiger partial charge in [0.25, 0.3) is 0 Å². The van der Waals surface area contributed by atoms with Gasteiger partial charge in [0, 0.05) is 24.3 Å². The number of carbonyl (C=O) groups is 3.